The Morgan fingerprint density at radius 3 is 2.77 bits per heavy atom. The van der Waals surface area contributed by atoms with Crippen molar-refractivity contribution in [3.05, 3.63) is 44.9 Å². The quantitative estimate of drug-likeness (QED) is 0.590. The Labute approximate surface area is 138 Å². The number of hydrogen-bond acceptors (Lipinski definition) is 4. The number of rotatable bonds is 3. The first-order valence-corrected chi connectivity index (χ1v) is 8.61. The molecule has 0 unspecified atom stereocenters. The van der Waals surface area contributed by atoms with Crippen molar-refractivity contribution in [3.63, 3.8) is 0 Å². The summed E-state index contributed by atoms with van der Waals surface area (Å²) >= 11 is 8.97. The molecule has 22 heavy (non-hydrogen) atoms. The number of aliphatic carboxylic acids is 1. The van der Waals surface area contributed by atoms with Gasteiger partial charge in [-0.05, 0) is 17.7 Å². The maximum absolute atomic E-state index is 11.2. The molecule has 4 rings (SSSR count). The molecular weight excluding hydrogens is 340 g/mol. The summed E-state index contributed by atoms with van der Waals surface area (Å²) in [5.41, 5.74) is 3.78. The second-order valence-corrected chi connectivity index (χ2v) is 7.07. The third-order valence-electron chi connectivity index (χ3n) is 3.40. The van der Waals surface area contributed by atoms with Gasteiger partial charge in [-0.3, -0.25) is 9.20 Å². The van der Waals surface area contributed by atoms with Crippen molar-refractivity contribution in [2.45, 2.75) is 6.42 Å². The van der Waals surface area contributed by atoms with Crippen molar-refractivity contribution >= 4 is 56.2 Å². The number of nitrogens with zero attached hydrogens (tertiary/aromatic N) is 2. The molecule has 1 aromatic carbocycles. The molecule has 7 heteroatoms. The van der Waals surface area contributed by atoms with Gasteiger partial charge in [-0.25, -0.2) is 4.98 Å². The average molecular weight is 349 g/mol. The molecule has 3 aromatic heterocycles. The molecule has 110 valence electrons. The van der Waals surface area contributed by atoms with E-state index in [4.69, 9.17) is 11.6 Å². The molecule has 0 amide bonds. The van der Waals surface area contributed by atoms with Crippen LogP contribution in [0, 0.1) is 0 Å². The first-order valence-electron chi connectivity index (χ1n) is 6.47. The summed E-state index contributed by atoms with van der Waals surface area (Å²) < 4.78 is 2.04. The summed E-state index contributed by atoms with van der Waals surface area (Å²) in [7, 11) is 0. The minimum Gasteiger partial charge on any atom is -0.481 e. The summed E-state index contributed by atoms with van der Waals surface area (Å²) in [5.74, 6) is -0.846. The van der Waals surface area contributed by atoms with E-state index < -0.39 is 5.97 Å². The zero-order chi connectivity index (χ0) is 15.3. The molecule has 1 N–H and O–H groups in total. The van der Waals surface area contributed by atoms with E-state index in [0.717, 1.165) is 32.1 Å². The predicted octanol–water partition coefficient (Wildman–Crippen LogP) is 4.56. The first-order chi connectivity index (χ1) is 10.6. The minimum absolute atomic E-state index is 0.0163. The molecule has 0 atom stereocenters. The van der Waals surface area contributed by atoms with Gasteiger partial charge >= 0.3 is 5.97 Å². The number of halogens is 1. The van der Waals surface area contributed by atoms with E-state index in [-0.39, 0.29) is 6.42 Å². The van der Waals surface area contributed by atoms with Crippen LogP contribution in [0.15, 0.2) is 35.0 Å². The molecular formula is C15H9ClN2O2S2. The average Bonchev–Trinajstić information content (AvgIpc) is 3.10. The third-order valence-corrected chi connectivity index (χ3v) is 5.41. The Morgan fingerprint density at radius 1 is 1.27 bits per heavy atom. The molecule has 3 heterocycles. The summed E-state index contributed by atoms with van der Waals surface area (Å²) in [5, 5.41) is 13.9. The fourth-order valence-corrected chi connectivity index (χ4v) is 4.51. The smallest absolute Gasteiger partial charge is 0.308 e. The topological polar surface area (TPSA) is 54.6 Å². The molecule has 0 aliphatic carbocycles. The standard InChI is InChI=1S/C15H9ClN2O2S2/c16-9-3-1-8(2-4-9)14-12(5-13(19)20)22-15-17-10-6-21-7-11(10)18(14)15/h1-4,6-7H,5H2,(H,19,20). The van der Waals surface area contributed by atoms with E-state index >= 15 is 0 Å². The van der Waals surface area contributed by atoms with Crippen molar-refractivity contribution in [2.24, 2.45) is 0 Å². The minimum atomic E-state index is -0.846. The van der Waals surface area contributed by atoms with Crippen LogP contribution in [0.4, 0.5) is 0 Å². The number of carboxylic acids is 1. The van der Waals surface area contributed by atoms with E-state index in [2.05, 4.69) is 4.98 Å². The number of carboxylic acid groups (broad SMARTS) is 1. The number of hydrogen-bond donors (Lipinski definition) is 1. The largest absolute Gasteiger partial charge is 0.481 e. The van der Waals surface area contributed by atoms with Gasteiger partial charge in [-0.1, -0.05) is 23.7 Å². The van der Waals surface area contributed by atoms with Gasteiger partial charge in [0.1, 0.15) is 5.52 Å². The Balaban J connectivity index is 2.05. The van der Waals surface area contributed by atoms with Gasteiger partial charge in [0.05, 0.1) is 17.6 Å². The van der Waals surface area contributed by atoms with Gasteiger partial charge in [-0.15, -0.1) is 22.7 Å². The van der Waals surface area contributed by atoms with Crippen LogP contribution in [0.2, 0.25) is 5.02 Å². The van der Waals surface area contributed by atoms with Crippen LogP contribution in [0.25, 0.3) is 27.3 Å². The second-order valence-electron chi connectivity index (χ2n) is 4.82. The fraction of sp³-hybridized carbons (Fsp3) is 0.0667. The maximum Gasteiger partial charge on any atom is 0.308 e. The van der Waals surface area contributed by atoms with Crippen LogP contribution in [-0.2, 0) is 11.2 Å². The molecule has 4 nitrogen and oxygen atoms in total. The first kappa shape index (κ1) is 13.8. The normalized spacial score (nSPS) is 11.5. The summed E-state index contributed by atoms with van der Waals surface area (Å²) in [6.45, 7) is 0. The van der Waals surface area contributed by atoms with Gasteiger partial charge < -0.3 is 5.11 Å². The monoisotopic (exact) mass is 348 g/mol. The van der Waals surface area contributed by atoms with Crippen molar-refractivity contribution in [2.75, 3.05) is 0 Å². The molecule has 0 spiro atoms. The fourth-order valence-electron chi connectivity index (χ4n) is 2.51. The molecule has 0 aliphatic heterocycles. The number of aromatic nitrogens is 2. The second kappa shape index (κ2) is 5.08. The molecule has 4 aromatic rings. The maximum atomic E-state index is 11.2. The number of benzene rings is 1. The summed E-state index contributed by atoms with van der Waals surface area (Å²) in [6, 6.07) is 7.44. The van der Waals surface area contributed by atoms with Crippen molar-refractivity contribution < 1.29 is 9.90 Å². The van der Waals surface area contributed by atoms with Crippen LogP contribution in [0.3, 0.4) is 0 Å². The van der Waals surface area contributed by atoms with Crippen LogP contribution in [-0.4, -0.2) is 20.5 Å². The van der Waals surface area contributed by atoms with Crippen molar-refractivity contribution in [1.82, 2.24) is 9.38 Å². The molecule has 0 saturated heterocycles. The van der Waals surface area contributed by atoms with Gasteiger partial charge in [-0.2, -0.15) is 0 Å². The Bertz CT molecular complexity index is 998. The lowest BCUT2D eigenvalue weighted by Crippen LogP contribution is -2.00. The van der Waals surface area contributed by atoms with Gasteiger partial charge in [0.25, 0.3) is 0 Å². The van der Waals surface area contributed by atoms with Crippen molar-refractivity contribution in [1.29, 1.82) is 0 Å². The third kappa shape index (κ3) is 2.11. The molecule has 0 aliphatic rings. The van der Waals surface area contributed by atoms with Gasteiger partial charge in [0, 0.05) is 20.7 Å². The van der Waals surface area contributed by atoms with E-state index in [0.29, 0.717) is 5.02 Å². The highest BCUT2D eigenvalue weighted by Gasteiger charge is 2.20. The molecule has 0 saturated carbocycles. The van der Waals surface area contributed by atoms with Crippen LogP contribution in [0.1, 0.15) is 4.88 Å². The lowest BCUT2D eigenvalue weighted by molar-refractivity contribution is -0.136. The van der Waals surface area contributed by atoms with Crippen LogP contribution in [0.5, 0.6) is 0 Å². The van der Waals surface area contributed by atoms with Crippen molar-refractivity contribution in [3.8, 4) is 11.3 Å². The highest BCUT2D eigenvalue weighted by atomic mass is 35.5. The van der Waals surface area contributed by atoms with E-state index in [9.17, 15) is 9.90 Å². The zero-order valence-electron chi connectivity index (χ0n) is 11.1. The lowest BCUT2D eigenvalue weighted by atomic mass is 10.1. The number of fused-ring (bicyclic) bond motifs is 3. The summed E-state index contributed by atoms with van der Waals surface area (Å²) in [6.07, 6.45) is -0.0163. The molecule has 0 bridgehead atoms. The Kier molecular flexibility index (Phi) is 3.18. The summed E-state index contributed by atoms with van der Waals surface area (Å²) in [4.78, 5) is 17.4. The van der Waals surface area contributed by atoms with E-state index in [1.165, 1.54) is 11.3 Å². The lowest BCUT2D eigenvalue weighted by Gasteiger charge is -2.04. The van der Waals surface area contributed by atoms with Crippen LogP contribution >= 0.6 is 34.3 Å². The predicted molar refractivity (Wildman–Crippen MR) is 90.2 cm³/mol. The van der Waals surface area contributed by atoms with E-state index in [1.54, 1.807) is 11.3 Å². The highest BCUT2D eigenvalue weighted by molar-refractivity contribution is 7.17. The van der Waals surface area contributed by atoms with Gasteiger partial charge in [0.15, 0.2) is 4.96 Å². The number of thiophene rings is 1. The van der Waals surface area contributed by atoms with Crippen LogP contribution < -0.4 is 0 Å². The van der Waals surface area contributed by atoms with Gasteiger partial charge in [0.2, 0.25) is 0 Å². The zero-order valence-corrected chi connectivity index (χ0v) is 13.5. The SMILES string of the molecule is O=C(O)Cc1sc2nc3cscc3n2c1-c1ccc(Cl)cc1. The number of imidazole rings is 1. The Morgan fingerprint density at radius 2 is 2.05 bits per heavy atom. The number of thiazole rings is 1. The Hall–Kier alpha value is -1.89. The molecule has 0 fully saturated rings. The number of carbonyl (C=O) groups is 1. The molecule has 0 radical (unpaired) electrons. The highest BCUT2D eigenvalue weighted by Crippen LogP contribution is 2.36. The van der Waals surface area contributed by atoms with E-state index in [1.807, 2.05) is 39.4 Å².